The molecule has 1 aliphatic heterocycles. The molecule has 0 amide bonds. The zero-order valence-electron chi connectivity index (χ0n) is 13.5. The number of carboxylic acids is 1. The molecule has 5 heteroatoms. The number of carboxylic acid groups (broad SMARTS) is 1. The topological polar surface area (TPSA) is 78.5 Å². The molecule has 0 aromatic rings. The van der Waals surface area contributed by atoms with Gasteiger partial charge >= 0.3 is 0 Å². The molecule has 1 heterocycles. The maximum Gasteiger partial charge on any atom is 0.207 e. The Morgan fingerprint density at radius 1 is 1.27 bits per heavy atom. The summed E-state index contributed by atoms with van der Waals surface area (Å²) in [5, 5.41) is 11.0. The molecule has 5 nitrogen and oxygen atoms in total. The number of allylic oxidation sites excluding steroid dienone is 1. The smallest absolute Gasteiger partial charge is 0.207 e. The highest BCUT2D eigenvalue weighted by molar-refractivity contribution is 5.80. The highest BCUT2D eigenvalue weighted by Crippen LogP contribution is 2.20. The van der Waals surface area contributed by atoms with Crippen LogP contribution in [0.3, 0.4) is 0 Å². The van der Waals surface area contributed by atoms with Crippen LogP contribution >= 0.6 is 0 Å². The zero-order chi connectivity index (χ0) is 16.3. The van der Waals surface area contributed by atoms with Crippen molar-refractivity contribution in [1.82, 2.24) is 0 Å². The van der Waals surface area contributed by atoms with Crippen LogP contribution in [0.4, 0.5) is 0 Å². The number of hydrogen-bond acceptors (Lipinski definition) is 4. The molecule has 124 valence electrons. The lowest BCUT2D eigenvalue weighted by atomic mass is 10.1. The number of quaternary nitrogens is 1. The number of unbranched alkanes of at least 4 members (excludes halogenated alkanes) is 6. The molecule has 0 spiro atoms. The Balaban J connectivity index is 2.31. The van der Waals surface area contributed by atoms with Gasteiger partial charge in [-0.1, -0.05) is 31.8 Å². The van der Waals surface area contributed by atoms with Gasteiger partial charge in [0.2, 0.25) is 5.84 Å². The minimum absolute atomic E-state index is 0.0753. The number of rotatable bonds is 13. The summed E-state index contributed by atoms with van der Waals surface area (Å²) in [4.78, 5) is 15.4. The van der Waals surface area contributed by atoms with Crippen LogP contribution in [-0.4, -0.2) is 35.9 Å². The molecule has 0 bridgehead atoms. The van der Waals surface area contributed by atoms with Crippen LogP contribution in [0.5, 0.6) is 0 Å². The second-order valence-corrected chi connectivity index (χ2v) is 5.87. The number of nitrogens with two attached hydrogens (primary N) is 1. The van der Waals surface area contributed by atoms with Gasteiger partial charge in [0.1, 0.15) is 19.3 Å². The average molecular weight is 307 g/mol. The summed E-state index contributed by atoms with van der Waals surface area (Å²) in [6.45, 7) is 4.64. The molecule has 0 aliphatic carbocycles. The molecule has 1 rings (SSSR count). The Labute approximate surface area is 133 Å². The third kappa shape index (κ3) is 6.12. The molecular weight excluding hydrogens is 278 g/mol. The lowest BCUT2D eigenvalue weighted by molar-refractivity contribution is -0.780. The first kappa shape index (κ1) is 18.6. The number of amidine groups is 1. The van der Waals surface area contributed by atoms with Crippen LogP contribution in [0.1, 0.15) is 51.4 Å². The fraction of sp³-hybridized carbons (Fsp3) is 0.647. The summed E-state index contributed by atoms with van der Waals surface area (Å²) in [5.41, 5.74) is 5.64. The van der Waals surface area contributed by atoms with Crippen molar-refractivity contribution in [3.63, 3.8) is 0 Å². The van der Waals surface area contributed by atoms with Gasteiger partial charge in [0.15, 0.2) is 0 Å². The van der Waals surface area contributed by atoms with E-state index in [-0.39, 0.29) is 11.0 Å². The molecular formula is C17H29N3O2. The number of carbonyl (C=O) groups excluding carboxylic acids is 1. The van der Waals surface area contributed by atoms with Crippen molar-refractivity contribution in [2.45, 2.75) is 51.4 Å². The first-order chi connectivity index (χ1) is 10.6. The van der Waals surface area contributed by atoms with Crippen molar-refractivity contribution in [3.8, 4) is 0 Å². The van der Waals surface area contributed by atoms with Gasteiger partial charge in [0, 0.05) is 13.0 Å². The standard InChI is InChI=1S/C17H29N3O2/c1-2-3-4-5-6-7-8-9-10-16-19-12-14-20(16,13-11-18)15-17(21)22/h2,12,14H,1,3-11,13,15,18H2. The van der Waals surface area contributed by atoms with Gasteiger partial charge in [0.25, 0.3) is 0 Å². The van der Waals surface area contributed by atoms with Gasteiger partial charge in [-0.15, -0.1) is 6.58 Å². The molecule has 1 aliphatic rings. The summed E-state index contributed by atoms with van der Waals surface area (Å²) < 4.78 is 0.234. The summed E-state index contributed by atoms with van der Waals surface area (Å²) in [5.74, 6) is -0.156. The first-order valence-electron chi connectivity index (χ1n) is 8.27. The van der Waals surface area contributed by atoms with E-state index in [4.69, 9.17) is 5.73 Å². The largest absolute Gasteiger partial charge is 0.544 e. The second-order valence-electron chi connectivity index (χ2n) is 5.87. The highest BCUT2D eigenvalue weighted by Gasteiger charge is 2.34. The molecule has 0 saturated heterocycles. The first-order valence-corrected chi connectivity index (χ1v) is 8.27. The predicted molar refractivity (Wildman–Crippen MR) is 87.8 cm³/mol. The SMILES string of the molecule is C=CCCCCCCCCC1=NC=C[N+]1(CCN)CC(=O)[O-]. The van der Waals surface area contributed by atoms with Crippen LogP contribution in [0, 0.1) is 0 Å². The van der Waals surface area contributed by atoms with E-state index in [1.54, 1.807) is 6.20 Å². The third-order valence-corrected chi connectivity index (χ3v) is 4.09. The maximum atomic E-state index is 11.0. The van der Waals surface area contributed by atoms with Crippen molar-refractivity contribution in [1.29, 1.82) is 0 Å². The highest BCUT2D eigenvalue weighted by atomic mass is 16.4. The monoisotopic (exact) mass is 307 g/mol. The quantitative estimate of drug-likeness (QED) is 0.319. The number of hydrogen-bond donors (Lipinski definition) is 1. The molecule has 0 aromatic heterocycles. The van der Waals surface area contributed by atoms with E-state index in [0.717, 1.165) is 31.5 Å². The molecule has 0 aromatic carbocycles. The number of nitrogens with zero attached hydrogens (tertiary/aromatic N) is 2. The van der Waals surface area contributed by atoms with Crippen molar-refractivity contribution >= 4 is 11.8 Å². The second kappa shape index (κ2) is 10.3. The average Bonchev–Trinajstić information content (AvgIpc) is 2.84. The fourth-order valence-electron chi connectivity index (χ4n) is 2.90. The van der Waals surface area contributed by atoms with E-state index in [1.807, 2.05) is 12.3 Å². The minimum atomic E-state index is -1.06. The van der Waals surface area contributed by atoms with Crippen LogP contribution in [0.25, 0.3) is 0 Å². The van der Waals surface area contributed by atoms with Gasteiger partial charge in [-0.05, 0) is 19.3 Å². The van der Waals surface area contributed by atoms with Crippen molar-refractivity contribution in [2.24, 2.45) is 10.7 Å². The van der Waals surface area contributed by atoms with Gasteiger partial charge in [0.05, 0.1) is 12.2 Å². The molecule has 1 unspecified atom stereocenters. The molecule has 1 atom stereocenters. The van der Waals surface area contributed by atoms with E-state index in [0.29, 0.717) is 13.1 Å². The van der Waals surface area contributed by atoms with Gasteiger partial charge in [-0.3, -0.25) is 0 Å². The predicted octanol–water partition coefficient (Wildman–Crippen LogP) is 1.70. The molecule has 0 fully saturated rings. The number of aliphatic carboxylic acids is 1. The molecule has 22 heavy (non-hydrogen) atoms. The van der Waals surface area contributed by atoms with E-state index < -0.39 is 5.97 Å². The van der Waals surface area contributed by atoms with Crippen molar-refractivity contribution in [3.05, 3.63) is 25.1 Å². The minimum Gasteiger partial charge on any atom is -0.544 e. The summed E-state index contributed by atoms with van der Waals surface area (Å²) in [7, 11) is 0. The van der Waals surface area contributed by atoms with Gasteiger partial charge in [-0.2, -0.15) is 0 Å². The number of aliphatic imine (C=N–C) groups is 1. The van der Waals surface area contributed by atoms with Crippen molar-refractivity contribution < 1.29 is 14.4 Å². The summed E-state index contributed by atoms with van der Waals surface area (Å²) in [6.07, 6.45) is 14.6. The molecule has 0 radical (unpaired) electrons. The zero-order valence-corrected chi connectivity index (χ0v) is 13.5. The lowest BCUT2D eigenvalue weighted by Gasteiger charge is -2.32. The van der Waals surface area contributed by atoms with E-state index in [9.17, 15) is 9.90 Å². The Hall–Kier alpha value is -1.46. The Kier molecular flexibility index (Phi) is 8.70. The number of carbonyl (C=O) groups is 1. The van der Waals surface area contributed by atoms with Gasteiger partial charge in [-0.25, -0.2) is 9.48 Å². The summed E-state index contributed by atoms with van der Waals surface area (Å²) in [6, 6.07) is 0. The normalized spacial score (nSPS) is 20.1. The summed E-state index contributed by atoms with van der Waals surface area (Å²) >= 11 is 0. The van der Waals surface area contributed by atoms with Crippen LogP contribution in [0.15, 0.2) is 30.0 Å². The Morgan fingerprint density at radius 2 is 1.95 bits per heavy atom. The van der Waals surface area contributed by atoms with Gasteiger partial charge < -0.3 is 15.6 Å². The van der Waals surface area contributed by atoms with Crippen molar-refractivity contribution in [2.75, 3.05) is 19.6 Å². The lowest BCUT2D eigenvalue weighted by Crippen LogP contribution is -2.55. The maximum absolute atomic E-state index is 11.0. The van der Waals surface area contributed by atoms with Crippen LogP contribution in [0.2, 0.25) is 0 Å². The van der Waals surface area contributed by atoms with E-state index in [2.05, 4.69) is 11.6 Å². The Bertz CT molecular complexity index is 418. The van der Waals surface area contributed by atoms with E-state index in [1.165, 1.54) is 25.7 Å². The molecule has 2 N–H and O–H groups in total. The third-order valence-electron chi connectivity index (χ3n) is 4.09. The Morgan fingerprint density at radius 3 is 2.59 bits per heavy atom. The van der Waals surface area contributed by atoms with Crippen LogP contribution < -0.4 is 10.8 Å². The van der Waals surface area contributed by atoms with Crippen LogP contribution in [-0.2, 0) is 4.79 Å². The van der Waals surface area contributed by atoms with E-state index >= 15 is 0 Å². The fourth-order valence-corrected chi connectivity index (χ4v) is 2.90. The molecule has 0 saturated carbocycles.